The van der Waals surface area contributed by atoms with Gasteiger partial charge in [0.1, 0.15) is 5.82 Å². The van der Waals surface area contributed by atoms with Crippen LogP contribution >= 0.6 is 0 Å². The molecule has 2 aromatic rings. The minimum Gasteiger partial charge on any atom is -0.329 e. The van der Waals surface area contributed by atoms with E-state index in [1.54, 1.807) is 6.20 Å². The van der Waals surface area contributed by atoms with Crippen LogP contribution in [0.4, 0.5) is 5.82 Å². The molecule has 26 heavy (non-hydrogen) atoms. The van der Waals surface area contributed by atoms with Gasteiger partial charge in [-0.1, -0.05) is 30.3 Å². The van der Waals surface area contributed by atoms with Gasteiger partial charge in [0.05, 0.1) is 18.8 Å². The normalized spacial score (nSPS) is 15.2. The van der Waals surface area contributed by atoms with Gasteiger partial charge in [-0.3, -0.25) is 9.69 Å². The molecule has 0 radical (unpaired) electrons. The fourth-order valence-corrected chi connectivity index (χ4v) is 3.29. The van der Waals surface area contributed by atoms with Crippen molar-refractivity contribution >= 4 is 11.7 Å². The maximum atomic E-state index is 12.5. The molecule has 1 aliphatic carbocycles. The Balaban J connectivity index is 1.54. The molecule has 0 saturated heterocycles. The average molecular weight is 355 g/mol. The molecule has 1 unspecified atom stereocenters. The van der Waals surface area contributed by atoms with Crippen LogP contribution in [0.1, 0.15) is 31.4 Å². The van der Waals surface area contributed by atoms with Crippen LogP contribution in [0.5, 0.6) is 0 Å². The lowest BCUT2D eigenvalue weighted by atomic mass is 10.1. The van der Waals surface area contributed by atoms with Gasteiger partial charge in [-0.25, -0.2) is 4.68 Å². The van der Waals surface area contributed by atoms with Crippen LogP contribution in [0, 0.1) is 5.92 Å². The number of carbonyl (C=O) groups is 1. The predicted molar refractivity (Wildman–Crippen MR) is 104 cm³/mol. The van der Waals surface area contributed by atoms with E-state index in [-0.39, 0.29) is 5.91 Å². The van der Waals surface area contributed by atoms with Crippen LogP contribution in [0.2, 0.25) is 0 Å². The summed E-state index contributed by atoms with van der Waals surface area (Å²) >= 11 is 0. The van der Waals surface area contributed by atoms with Crippen LogP contribution in [-0.2, 0) is 11.2 Å². The Labute approximate surface area is 155 Å². The van der Waals surface area contributed by atoms with Gasteiger partial charge in [0.25, 0.3) is 0 Å². The van der Waals surface area contributed by atoms with Crippen molar-refractivity contribution in [3.05, 3.63) is 48.2 Å². The number of nitrogens with zero attached hydrogens (tertiary/aromatic N) is 3. The van der Waals surface area contributed by atoms with E-state index >= 15 is 0 Å². The van der Waals surface area contributed by atoms with E-state index in [1.165, 1.54) is 18.4 Å². The molecule has 6 nitrogen and oxygen atoms in total. The summed E-state index contributed by atoms with van der Waals surface area (Å²) in [6.07, 6.45) is 5.16. The molecule has 1 heterocycles. The van der Waals surface area contributed by atoms with Crippen molar-refractivity contribution in [2.45, 2.75) is 32.2 Å². The SMILES string of the molecule is CC(C1CC1)n1nccc1NC(=O)CN(CCN)CCc1ccccc1. The molecule has 6 heteroatoms. The third kappa shape index (κ3) is 5.16. The van der Waals surface area contributed by atoms with Gasteiger partial charge in [0.2, 0.25) is 5.91 Å². The summed E-state index contributed by atoms with van der Waals surface area (Å²) in [5, 5.41) is 7.41. The predicted octanol–water partition coefficient (Wildman–Crippen LogP) is 2.30. The van der Waals surface area contributed by atoms with Crippen molar-refractivity contribution in [2.24, 2.45) is 11.7 Å². The van der Waals surface area contributed by atoms with Crippen molar-refractivity contribution in [1.82, 2.24) is 14.7 Å². The summed E-state index contributed by atoms with van der Waals surface area (Å²) in [6.45, 7) is 4.57. The first-order chi connectivity index (χ1) is 12.7. The van der Waals surface area contributed by atoms with Crippen LogP contribution in [0.3, 0.4) is 0 Å². The van der Waals surface area contributed by atoms with Crippen molar-refractivity contribution < 1.29 is 4.79 Å². The number of amides is 1. The quantitative estimate of drug-likeness (QED) is 0.686. The Morgan fingerprint density at radius 2 is 2.08 bits per heavy atom. The van der Waals surface area contributed by atoms with Gasteiger partial charge in [-0.2, -0.15) is 5.10 Å². The van der Waals surface area contributed by atoms with E-state index in [9.17, 15) is 4.79 Å². The van der Waals surface area contributed by atoms with Gasteiger partial charge in [-0.05, 0) is 37.7 Å². The molecule has 1 aromatic carbocycles. The molecule has 0 spiro atoms. The number of anilines is 1. The zero-order valence-electron chi connectivity index (χ0n) is 15.5. The lowest BCUT2D eigenvalue weighted by molar-refractivity contribution is -0.117. The number of carbonyl (C=O) groups excluding carboxylic acids is 1. The summed E-state index contributed by atoms with van der Waals surface area (Å²) in [4.78, 5) is 14.6. The van der Waals surface area contributed by atoms with Crippen LogP contribution in [0.15, 0.2) is 42.6 Å². The van der Waals surface area contributed by atoms with Crippen molar-refractivity contribution in [3.8, 4) is 0 Å². The topological polar surface area (TPSA) is 76.2 Å². The maximum Gasteiger partial charge on any atom is 0.239 e. The molecule has 1 aliphatic rings. The zero-order chi connectivity index (χ0) is 18.4. The zero-order valence-corrected chi connectivity index (χ0v) is 15.5. The highest BCUT2D eigenvalue weighted by atomic mass is 16.2. The summed E-state index contributed by atoms with van der Waals surface area (Å²) in [5.41, 5.74) is 7.00. The second-order valence-electron chi connectivity index (χ2n) is 7.09. The van der Waals surface area contributed by atoms with Gasteiger partial charge in [0.15, 0.2) is 0 Å². The minimum atomic E-state index is -0.0174. The molecule has 3 N–H and O–H groups in total. The first-order valence-corrected chi connectivity index (χ1v) is 9.47. The lowest BCUT2D eigenvalue weighted by Crippen LogP contribution is -2.38. The second kappa shape index (κ2) is 8.96. The van der Waals surface area contributed by atoms with Gasteiger partial charge in [0, 0.05) is 25.7 Å². The van der Waals surface area contributed by atoms with Crippen molar-refractivity contribution in [2.75, 3.05) is 31.5 Å². The van der Waals surface area contributed by atoms with E-state index in [4.69, 9.17) is 5.73 Å². The molecule has 0 aliphatic heterocycles. The van der Waals surface area contributed by atoms with Gasteiger partial charge in [-0.15, -0.1) is 0 Å². The average Bonchev–Trinajstić information content (AvgIpc) is 3.40. The van der Waals surface area contributed by atoms with Crippen molar-refractivity contribution in [1.29, 1.82) is 0 Å². The van der Waals surface area contributed by atoms with Crippen molar-refractivity contribution in [3.63, 3.8) is 0 Å². The molecule has 0 bridgehead atoms. The first-order valence-electron chi connectivity index (χ1n) is 9.47. The number of nitrogens with one attached hydrogen (secondary N) is 1. The van der Waals surface area contributed by atoms with E-state index in [2.05, 4.69) is 34.4 Å². The van der Waals surface area contributed by atoms with Crippen LogP contribution in [0.25, 0.3) is 0 Å². The Morgan fingerprint density at radius 3 is 2.77 bits per heavy atom. The summed E-state index contributed by atoms with van der Waals surface area (Å²) in [6, 6.07) is 12.5. The van der Waals surface area contributed by atoms with E-state index in [1.807, 2.05) is 28.9 Å². The molecule has 140 valence electrons. The third-order valence-corrected chi connectivity index (χ3v) is 5.00. The smallest absolute Gasteiger partial charge is 0.239 e. The Bertz CT molecular complexity index is 695. The van der Waals surface area contributed by atoms with Crippen LogP contribution in [-0.4, -0.2) is 46.8 Å². The fourth-order valence-electron chi connectivity index (χ4n) is 3.29. The van der Waals surface area contributed by atoms with E-state index in [0.29, 0.717) is 31.6 Å². The summed E-state index contributed by atoms with van der Waals surface area (Å²) < 4.78 is 1.94. The largest absolute Gasteiger partial charge is 0.329 e. The van der Waals surface area contributed by atoms with E-state index < -0.39 is 0 Å². The standard InChI is InChI=1S/C20H29N5O/c1-16(18-7-8-18)25-19(9-12-22-25)23-20(26)15-24(14-11-21)13-10-17-5-3-2-4-6-17/h2-6,9,12,16,18H,7-8,10-11,13-15,21H2,1H3,(H,23,26). The monoisotopic (exact) mass is 355 g/mol. The molecule has 1 amide bonds. The molecule has 1 fully saturated rings. The van der Waals surface area contributed by atoms with Gasteiger partial charge >= 0.3 is 0 Å². The number of hydrogen-bond acceptors (Lipinski definition) is 4. The Kier molecular flexibility index (Phi) is 6.41. The Morgan fingerprint density at radius 1 is 1.31 bits per heavy atom. The molecule has 3 rings (SSSR count). The number of rotatable bonds is 10. The highest BCUT2D eigenvalue weighted by Crippen LogP contribution is 2.40. The molecule has 1 atom stereocenters. The number of hydrogen-bond donors (Lipinski definition) is 2. The molecular weight excluding hydrogens is 326 g/mol. The molecular formula is C20H29N5O. The number of aromatic nitrogens is 2. The first kappa shape index (κ1) is 18.6. The maximum absolute atomic E-state index is 12.5. The number of nitrogens with two attached hydrogens (primary N) is 1. The highest BCUT2D eigenvalue weighted by molar-refractivity contribution is 5.91. The van der Waals surface area contributed by atoms with Gasteiger partial charge < -0.3 is 11.1 Å². The molecule has 1 saturated carbocycles. The molecule has 1 aromatic heterocycles. The van der Waals surface area contributed by atoms with E-state index in [0.717, 1.165) is 18.8 Å². The summed E-state index contributed by atoms with van der Waals surface area (Å²) in [7, 11) is 0. The lowest BCUT2D eigenvalue weighted by Gasteiger charge is -2.21. The second-order valence-corrected chi connectivity index (χ2v) is 7.09. The Hall–Kier alpha value is -2.18. The summed E-state index contributed by atoms with van der Waals surface area (Å²) in [5.74, 6) is 1.45. The minimum absolute atomic E-state index is 0.0174. The third-order valence-electron chi connectivity index (χ3n) is 5.00. The number of benzene rings is 1. The highest BCUT2D eigenvalue weighted by Gasteiger charge is 2.30. The van der Waals surface area contributed by atoms with Crippen LogP contribution < -0.4 is 11.1 Å². The fraction of sp³-hybridized carbons (Fsp3) is 0.500.